The molecule has 1 aliphatic heterocycles. The van der Waals surface area contributed by atoms with Crippen molar-refractivity contribution in [2.75, 3.05) is 33.2 Å². The summed E-state index contributed by atoms with van der Waals surface area (Å²) in [6, 6.07) is 18.8. The van der Waals surface area contributed by atoms with Crippen molar-refractivity contribution in [1.29, 1.82) is 0 Å². The first-order valence-electron chi connectivity index (χ1n) is 11.3. The van der Waals surface area contributed by atoms with E-state index in [0.29, 0.717) is 18.2 Å². The maximum absolute atomic E-state index is 11.8. The van der Waals surface area contributed by atoms with E-state index in [1.165, 1.54) is 12.0 Å². The summed E-state index contributed by atoms with van der Waals surface area (Å²) >= 11 is 0. The zero-order chi connectivity index (χ0) is 21.9. The lowest BCUT2D eigenvalue weighted by molar-refractivity contribution is 0.0963. The molecule has 0 aromatic heterocycles. The molecule has 1 aliphatic rings. The highest BCUT2D eigenvalue weighted by Gasteiger charge is 2.20. The minimum atomic E-state index is -0.0577. The van der Waals surface area contributed by atoms with Crippen LogP contribution in [-0.2, 0) is 13.0 Å². The number of benzene rings is 2. The van der Waals surface area contributed by atoms with Gasteiger partial charge in [0.15, 0.2) is 5.96 Å². The van der Waals surface area contributed by atoms with Gasteiger partial charge >= 0.3 is 0 Å². The summed E-state index contributed by atoms with van der Waals surface area (Å²) in [5.41, 5.74) is 3.17. The molecule has 2 aromatic carbocycles. The molecule has 1 heterocycles. The molecule has 7 heteroatoms. The zero-order valence-corrected chi connectivity index (χ0v) is 21.5. The molecule has 0 spiro atoms. The summed E-state index contributed by atoms with van der Waals surface area (Å²) in [6.07, 6.45) is 3.15. The highest BCUT2D eigenvalue weighted by molar-refractivity contribution is 14.0. The van der Waals surface area contributed by atoms with Gasteiger partial charge in [0.05, 0.1) is 0 Å². The Morgan fingerprint density at radius 2 is 1.91 bits per heavy atom. The Labute approximate surface area is 209 Å². The molecule has 32 heavy (non-hydrogen) atoms. The van der Waals surface area contributed by atoms with Crippen LogP contribution in [0.3, 0.4) is 0 Å². The normalized spacial score (nSPS) is 16.7. The van der Waals surface area contributed by atoms with E-state index in [-0.39, 0.29) is 29.9 Å². The first-order valence-corrected chi connectivity index (χ1v) is 11.3. The van der Waals surface area contributed by atoms with Crippen molar-refractivity contribution < 1.29 is 4.79 Å². The number of carbonyl (C=O) groups is 1. The predicted octanol–water partition coefficient (Wildman–Crippen LogP) is 3.43. The molecule has 1 amide bonds. The van der Waals surface area contributed by atoms with Gasteiger partial charge in [0.25, 0.3) is 5.91 Å². The standard InChI is InChI=1S/C25H35N5O.HI/c1-3-27-25(28-15-14-20-11-7-12-22(17-20)24(31)26-2)29-23-13-8-16-30(19-23)18-21-9-5-4-6-10-21;/h4-7,9-12,17,23H,3,8,13-16,18-19H2,1-2H3,(H,26,31)(H2,27,28,29);1H. The number of hydrogen-bond acceptors (Lipinski definition) is 3. The Kier molecular flexibility index (Phi) is 11.5. The van der Waals surface area contributed by atoms with Crippen LogP contribution in [0.4, 0.5) is 0 Å². The number of nitrogens with one attached hydrogen (secondary N) is 3. The van der Waals surface area contributed by atoms with Crippen molar-refractivity contribution in [3.05, 3.63) is 71.3 Å². The van der Waals surface area contributed by atoms with Gasteiger partial charge in [0, 0.05) is 44.8 Å². The lowest BCUT2D eigenvalue weighted by Crippen LogP contribution is -2.51. The molecular formula is C25H36IN5O. The average Bonchev–Trinajstić information content (AvgIpc) is 2.80. The fourth-order valence-corrected chi connectivity index (χ4v) is 3.98. The number of halogens is 1. The van der Waals surface area contributed by atoms with E-state index >= 15 is 0 Å². The van der Waals surface area contributed by atoms with Gasteiger partial charge in [-0.25, -0.2) is 0 Å². The number of carbonyl (C=O) groups excluding carboxylic acids is 1. The smallest absolute Gasteiger partial charge is 0.251 e. The largest absolute Gasteiger partial charge is 0.357 e. The van der Waals surface area contributed by atoms with Gasteiger partial charge in [-0.15, -0.1) is 24.0 Å². The number of hydrogen-bond donors (Lipinski definition) is 3. The third kappa shape index (κ3) is 8.43. The number of rotatable bonds is 8. The third-order valence-corrected chi connectivity index (χ3v) is 5.53. The Morgan fingerprint density at radius 1 is 1.12 bits per heavy atom. The Bertz CT molecular complexity index is 858. The molecule has 1 fully saturated rings. The molecule has 1 unspecified atom stereocenters. The lowest BCUT2D eigenvalue weighted by Gasteiger charge is -2.34. The van der Waals surface area contributed by atoms with Gasteiger partial charge < -0.3 is 16.0 Å². The van der Waals surface area contributed by atoms with Gasteiger partial charge in [-0.3, -0.25) is 14.7 Å². The monoisotopic (exact) mass is 549 g/mol. The highest BCUT2D eigenvalue weighted by Crippen LogP contribution is 2.14. The fraction of sp³-hybridized carbons (Fsp3) is 0.440. The van der Waals surface area contributed by atoms with Crippen molar-refractivity contribution in [2.24, 2.45) is 4.99 Å². The first kappa shape index (κ1) is 26.1. The Balaban J connectivity index is 0.00000363. The molecule has 1 saturated heterocycles. The molecule has 1 atom stereocenters. The van der Waals surface area contributed by atoms with Crippen molar-refractivity contribution in [1.82, 2.24) is 20.9 Å². The summed E-state index contributed by atoms with van der Waals surface area (Å²) in [4.78, 5) is 19.1. The van der Waals surface area contributed by atoms with E-state index in [1.807, 2.05) is 24.3 Å². The highest BCUT2D eigenvalue weighted by atomic mass is 127. The van der Waals surface area contributed by atoms with Crippen LogP contribution in [0.25, 0.3) is 0 Å². The zero-order valence-electron chi connectivity index (χ0n) is 19.1. The summed E-state index contributed by atoms with van der Waals surface area (Å²) in [5.74, 6) is 0.814. The second kappa shape index (κ2) is 14.1. The molecule has 0 saturated carbocycles. The summed E-state index contributed by atoms with van der Waals surface area (Å²) < 4.78 is 0. The third-order valence-electron chi connectivity index (χ3n) is 5.53. The fourth-order valence-electron chi connectivity index (χ4n) is 3.98. The lowest BCUT2D eigenvalue weighted by atomic mass is 10.0. The van der Waals surface area contributed by atoms with Crippen LogP contribution in [0.15, 0.2) is 59.6 Å². The van der Waals surface area contributed by atoms with E-state index in [9.17, 15) is 4.79 Å². The van der Waals surface area contributed by atoms with E-state index < -0.39 is 0 Å². The van der Waals surface area contributed by atoms with Crippen LogP contribution >= 0.6 is 24.0 Å². The molecule has 3 N–H and O–H groups in total. The van der Waals surface area contributed by atoms with Crippen molar-refractivity contribution in [3.8, 4) is 0 Å². The first-order chi connectivity index (χ1) is 15.2. The van der Waals surface area contributed by atoms with E-state index in [2.05, 4.69) is 58.1 Å². The molecule has 6 nitrogen and oxygen atoms in total. The van der Waals surface area contributed by atoms with Crippen molar-refractivity contribution in [3.63, 3.8) is 0 Å². The van der Waals surface area contributed by atoms with Gasteiger partial charge in [-0.2, -0.15) is 0 Å². The van der Waals surface area contributed by atoms with E-state index in [4.69, 9.17) is 4.99 Å². The maximum atomic E-state index is 11.8. The van der Waals surface area contributed by atoms with Crippen LogP contribution in [0.5, 0.6) is 0 Å². The molecule has 0 radical (unpaired) electrons. The second-order valence-electron chi connectivity index (χ2n) is 7.99. The number of guanidine groups is 1. The van der Waals surface area contributed by atoms with Gasteiger partial charge in [-0.05, 0) is 56.0 Å². The summed E-state index contributed by atoms with van der Waals surface area (Å²) in [5, 5.41) is 9.68. The molecule has 174 valence electrons. The van der Waals surface area contributed by atoms with Gasteiger partial charge in [0.1, 0.15) is 0 Å². The summed E-state index contributed by atoms with van der Waals surface area (Å²) in [7, 11) is 1.65. The number of piperidine rings is 1. The maximum Gasteiger partial charge on any atom is 0.251 e. The second-order valence-corrected chi connectivity index (χ2v) is 7.99. The van der Waals surface area contributed by atoms with Gasteiger partial charge in [0.2, 0.25) is 0 Å². The van der Waals surface area contributed by atoms with Crippen LogP contribution in [-0.4, -0.2) is 56.0 Å². The molecule has 3 rings (SSSR count). The minimum Gasteiger partial charge on any atom is -0.357 e. The van der Waals surface area contributed by atoms with Crippen LogP contribution in [0.1, 0.15) is 41.3 Å². The summed E-state index contributed by atoms with van der Waals surface area (Å²) in [6.45, 7) is 6.75. The molecule has 2 aromatic rings. The Hall–Kier alpha value is -2.13. The van der Waals surface area contributed by atoms with Crippen LogP contribution < -0.4 is 16.0 Å². The SMILES string of the molecule is CCNC(=NCCc1cccc(C(=O)NC)c1)NC1CCCN(Cc2ccccc2)C1.I. The van der Waals surface area contributed by atoms with Crippen LogP contribution in [0.2, 0.25) is 0 Å². The quantitative estimate of drug-likeness (QED) is 0.268. The van der Waals surface area contributed by atoms with Crippen molar-refractivity contribution >= 4 is 35.8 Å². The number of amides is 1. The van der Waals surface area contributed by atoms with Gasteiger partial charge in [-0.1, -0.05) is 42.5 Å². The van der Waals surface area contributed by atoms with Crippen molar-refractivity contribution in [2.45, 2.75) is 38.8 Å². The molecular weight excluding hydrogens is 513 g/mol. The van der Waals surface area contributed by atoms with Crippen LogP contribution in [0, 0.1) is 0 Å². The molecule has 0 bridgehead atoms. The number of likely N-dealkylation sites (tertiary alicyclic amines) is 1. The number of nitrogens with zero attached hydrogens (tertiary/aromatic N) is 2. The minimum absolute atomic E-state index is 0. The average molecular weight is 550 g/mol. The topological polar surface area (TPSA) is 68.8 Å². The Morgan fingerprint density at radius 3 is 2.66 bits per heavy atom. The number of aliphatic imine (C=N–C) groups is 1. The van der Waals surface area contributed by atoms with E-state index in [0.717, 1.165) is 50.5 Å². The predicted molar refractivity (Wildman–Crippen MR) is 143 cm³/mol. The van der Waals surface area contributed by atoms with E-state index in [1.54, 1.807) is 7.05 Å². The molecule has 0 aliphatic carbocycles.